The second kappa shape index (κ2) is 7.27. The summed E-state index contributed by atoms with van der Waals surface area (Å²) in [7, 11) is -3.30. The van der Waals surface area contributed by atoms with Gasteiger partial charge in [-0.1, -0.05) is 19.3 Å². The summed E-state index contributed by atoms with van der Waals surface area (Å²) in [5.41, 5.74) is 5.71. The van der Waals surface area contributed by atoms with Gasteiger partial charge in [0.1, 0.15) is 0 Å². The molecule has 22 heavy (non-hydrogen) atoms. The van der Waals surface area contributed by atoms with Crippen molar-refractivity contribution in [3.05, 3.63) is 0 Å². The molecule has 2 saturated carbocycles. The summed E-state index contributed by atoms with van der Waals surface area (Å²) in [5, 5.41) is 2.74. The minimum Gasteiger partial charge on any atom is -0.355 e. The van der Waals surface area contributed by atoms with Crippen molar-refractivity contribution in [2.24, 2.45) is 17.6 Å². The van der Waals surface area contributed by atoms with E-state index in [-0.39, 0.29) is 24.1 Å². The Balaban J connectivity index is 1.71. The maximum atomic E-state index is 12.2. The van der Waals surface area contributed by atoms with Gasteiger partial charge in [-0.05, 0) is 38.5 Å². The molecule has 0 aliphatic heterocycles. The van der Waals surface area contributed by atoms with Gasteiger partial charge in [0.2, 0.25) is 15.9 Å². The minimum absolute atomic E-state index is 0.0700. The Morgan fingerprint density at radius 2 is 1.95 bits per heavy atom. The topological polar surface area (TPSA) is 101 Å². The maximum Gasteiger partial charge on any atom is 0.224 e. The van der Waals surface area contributed by atoms with Gasteiger partial charge in [0.05, 0.1) is 11.7 Å². The zero-order valence-corrected chi connectivity index (χ0v) is 14.3. The fraction of sp³-hybridized carbons (Fsp3) is 0.933. The fourth-order valence-electron chi connectivity index (χ4n) is 3.23. The fourth-order valence-corrected chi connectivity index (χ4v) is 4.24. The van der Waals surface area contributed by atoms with E-state index in [1.54, 1.807) is 0 Å². The Morgan fingerprint density at radius 3 is 2.55 bits per heavy atom. The zero-order valence-electron chi connectivity index (χ0n) is 13.4. The van der Waals surface area contributed by atoms with Crippen LogP contribution in [0.5, 0.6) is 0 Å². The van der Waals surface area contributed by atoms with E-state index in [0.29, 0.717) is 12.5 Å². The number of carbonyl (C=O) groups is 1. The first-order valence-corrected chi connectivity index (χ1v) is 9.99. The lowest BCUT2D eigenvalue weighted by molar-refractivity contribution is -0.127. The third-order valence-corrected chi connectivity index (χ3v) is 6.41. The summed E-state index contributed by atoms with van der Waals surface area (Å²) < 4.78 is 26.4. The Bertz CT molecular complexity index is 486. The Hall–Kier alpha value is -0.660. The molecule has 0 saturated heterocycles. The second-order valence-electron chi connectivity index (χ2n) is 7.06. The van der Waals surface area contributed by atoms with Gasteiger partial charge >= 0.3 is 0 Å². The molecule has 6 nitrogen and oxygen atoms in total. The molecule has 2 aliphatic carbocycles. The lowest BCUT2D eigenvalue weighted by Gasteiger charge is -2.37. The highest BCUT2D eigenvalue weighted by Gasteiger charge is 2.37. The third kappa shape index (κ3) is 4.93. The number of sulfonamides is 1. The maximum absolute atomic E-state index is 12.2. The van der Waals surface area contributed by atoms with Gasteiger partial charge in [-0.2, -0.15) is 0 Å². The highest BCUT2D eigenvalue weighted by molar-refractivity contribution is 7.89. The average molecular weight is 331 g/mol. The normalized spacial score (nSPS) is 29.8. The predicted octanol–water partition coefficient (Wildman–Crippen LogP) is 0.730. The van der Waals surface area contributed by atoms with Crippen molar-refractivity contribution in [1.29, 1.82) is 0 Å². The van der Waals surface area contributed by atoms with E-state index >= 15 is 0 Å². The lowest BCUT2D eigenvalue weighted by Crippen LogP contribution is -2.53. The SMILES string of the molecule is CC1(N)CCCCC1C(=O)NCCS(=O)(=O)NCC1CCC1. The van der Waals surface area contributed by atoms with Crippen LogP contribution in [0.15, 0.2) is 0 Å². The molecule has 2 aliphatic rings. The number of amides is 1. The Morgan fingerprint density at radius 1 is 1.23 bits per heavy atom. The Labute approximate surface area is 133 Å². The first kappa shape index (κ1) is 17.7. The number of carbonyl (C=O) groups excluding carboxylic acids is 1. The molecule has 1 amide bonds. The van der Waals surface area contributed by atoms with E-state index in [0.717, 1.165) is 38.5 Å². The Kier molecular flexibility index (Phi) is 5.85. The summed E-state index contributed by atoms with van der Waals surface area (Å²) >= 11 is 0. The van der Waals surface area contributed by atoms with Crippen LogP contribution in [-0.4, -0.2) is 38.7 Å². The number of hydrogen-bond donors (Lipinski definition) is 3. The summed E-state index contributed by atoms with van der Waals surface area (Å²) in [6.45, 7) is 2.58. The van der Waals surface area contributed by atoms with E-state index in [1.807, 2.05) is 6.92 Å². The van der Waals surface area contributed by atoms with E-state index < -0.39 is 15.6 Å². The monoisotopic (exact) mass is 331 g/mol. The van der Waals surface area contributed by atoms with Crippen LogP contribution in [0.25, 0.3) is 0 Å². The second-order valence-corrected chi connectivity index (χ2v) is 8.99. The van der Waals surface area contributed by atoms with Gasteiger partial charge in [-0.15, -0.1) is 0 Å². The number of nitrogens with one attached hydrogen (secondary N) is 2. The summed E-state index contributed by atoms with van der Waals surface area (Å²) in [5.74, 6) is 0.0924. The van der Waals surface area contributed by atoms with Crippen LogP contribution in [0.2, 0.25) is 0 Å². The van der Waals surface area contributed by atoms with Crippen molar-refractivity contribution in [3.8, 4) is 0 Å². The van der Waals surface area contributed by atoms with E-state index in [9.17, 15) is 13.2 Å². The average Bonchev–Trinajstić information content (AvgIpc) is 2.35. The summed E-state index contributed by atoms with van der Waals surface area (Å²) in [6.07, 6.45) is 7.09. The van der Waals surface area contributed by atoms with E-state index in [2.05, 4.69) is 10.0 Å². The molecule has 128 valence electrons. The largest absolute Gasteiger partial charge is 0.355 e. The molecule has 0 aromatic heterocycles. The molecule has 0 heterocycles. The predicted molar refractivity (Wildman–Crippen MR) is 86.7 cm³/mol. The molecule has 2 fully saturated rings. The van der Waals surface area contributed by atoms with Crippen LogP contribution in [0.1, 0.15) is 51.9 Å². The molecule has 0 spiro atoms. The molecule has 2 rings (SSSR count). The summed E-state index contributed by atoms with van der Waals surface area (Å²) in [6, 6.07) is 0. The minimum atomic E-state index is -3.30. The molecular weight excluding hydrogens is 302 g/mol. The molecule has 0 aromatic rings. The van der Waals surface area contributed by atoms with Crippen molar-refractivity contribution in [2.75, 3.05) is 18.8 Å². The van der Waals surface area contributed by atoms with Crippen molar-refractivity contribution in [1.82, 2.24) is 10.0 Å². The molecule has 4 N–H and O–H groups in total. The molecule has 2 unspecified atom stereocenters. The van der Waals surface area contributed by atoms with E-state index in [4.69, 9.17) is 5.73 Å². The van der Waals surface area contributed by atoms with Crippen molar-refractivity contribution < 1.29 is 13.2 Å². The van der Waals surface area contributed by atoms with Crippen LogP contribution in [0.4, 0.5) is 0 Å². The first-order chi connectivity index (χ1) is 10.3. The molecule has 2 atom stereocenters. The van der Waals surface area contributed by atoms with Gasteiger partial charge in [-0.25, -0.2) is 13.1 Å². The molecular formula is C15H29N3O3S. The van der Waals surface area contributed by atoms with Gasteiger partial charge < -0.3 is 11.1 Å². The van der Waals surface area contributed by atoms with Crippen molar-refractivity contribution >= 4 is 15.9 Å². The van der Waals surface area contributed by atoms with Gasteiger partial charge in [0, 0.05) is 18.6 Å². The van der Waals surface area contributed by atoms with Crippen LogP contribution >= 0.6 is 0 Å². The van der Waals surface area contributed by atoms with Gasteiger partial charge in [0.25, 0.3) is 0 Å². The molecule has 0 radical (unpaired) electrons. The van der Waals surface area contributed by atoms with Crippen LogP contribution in [0, 0.1) is 11.8 Å². The van der Waals surface area contributed by atoms with Crippen molar-refractivity contribution in [2.45, 2.75) is 57.4 Å². The standard InChI is InChI=1S/C15H29N3O3S/c1-15(16)8-3-2-7-13(15)14(19)17-9-10-22(20,21)18-11-12-5-4-6-12/h12-13,18H,2-11,16H2,1H3,(H,17,19). The van der Waals surface area contributed by atoms with Crippen molar-refractivity contribution in [3.63, 3.8) is 0 Å². The number of rotatable bonds is 7. The number of nitrogens with two attached hydrogens (primary N) is 1. The molecule has 7 heteroatoms. The first-order valence-electron chi connectivity index (χ1n) is 8.34. The van der Waals surface area contributed by atoms with Gasteiger partial charge in [0.15, 0.2) is 0 Å². The highest BCUT2D eigenvalue weighted by atomic mass is 32.2. The lowest BCUT2D eigenvalue weighted by atomic mass is 9.74. The quantitative estimate of drug-likeness (QED) is 0.640. The zero-order chi connectivity index (χ0) is 16.2. The molecule has 0 bridgehead atoms. The van der Waals surface area contributed by atoms with Crippen LogP contribution < -0.4 is 15.8 Å². The summed E-state index contributed by atoms with van der Waals surface area (Å²) in [4.78, 5) is 12.2. The highest BCUT2D eigenvalue weighted by Crippen LogP contribution is 2.31. The molecule has 0 aromatic carbocycles. The smallest absolute Gasteiger partial charge is 0.224 e. The van der Waals surface area contributed by atoms with Crippen LogP contribution in [-0.2, 0) is 14.8 Å². The van der Waals surface area contributed by atoms with E-state index in [1.165, 1.54) is 6.42 Å². The van der Waals surface area contributed by atoms with Gasteiger partial charge in [-0.3, -0.25) is 4.79 Å². The number of hydrogen-bond acceptors (Lipinski definition) is 4. The van der Waals surface area contributed by atoms with Crippen LogP contribution in [0.3, 0.4) is 0 Å². The third-order valence-electron chi connectivity index (χ3n) is 5.06.